The molecular weight excluding hydrogens is 368 g/mol. The van der Waals surface area contributed by atoms with Gasteiger partial charge in [-0.15, -0.1) is 6.58 Å². The molecule has 0 aromatic heterocycles. The molecule has 0 bridgehead atoms. The zero-order valence-electron chi connectivity index (χ0n) is 17.0. The van der Waals surface area contributed by atoms with Crippen LogP contribution in [0.5, 0.6) is 5.75 Å². The van der Waals surface area contributed by atoms with E-state index in [-0.39, 0.29) is 30.3 Å². The van der Waals surface area contributed by atoms with Crippen LogP contribution in [0, 0.1) is 11.8 Å². The quantitative estimate of drug-likeness (QED) is 0.520. The molecule has 0 spiro atoms. The van der Waals surface area contributed by atoms with E-state index in [2.05, 4.69) is 6.58 Å². The molecule has 1 unspecified atom stereocenters. The van der Waals surface area contributed by atoms with E-state index < -0.39 is 18.2 Å². The number of fused-ring (bicyclic) bond motifs is 3. The van der Waals surface area contributed by atoms with Crippen LogP contribution < -0.4 is 4.74 Å². The maximum atomic E-state index is 10.8. The minimum Gasteiger partial charge on any atom is -0.489 e. The predicted octanol–water partition coefficient (Wildman–Crippen LogP) is 3.84. The molecule has 3 rings (SSSR count). The first kappa shape index (κ1) is 21.6. The Morgan fingerprint density at radius 1 is 1.41 bits per heavy atom. The molecule has 29 heavy (non-hydrogen) atoms. The zero-order chi connectivity index (χ0) is 21.0. The van der Waals surface area contributed by atoms with Crippen LogP contribution in [0.15, 0.2) is 43.0 Å². The van der Waals surface area contributed by atoms with Gasteiger partial charge in [-0.3, -0.25) is 4.79 Å². The molecule has 5 heteroatoms. The van der Waals surface area contributed by atoms with E-state index in [1.165, 1.54) is 0 Å². The average molecular weight is 401 g/mol. The predicted molar refractivity (Wildman–Crippen MR) is 112 cm³/mol. The molecule has 2 aliphatic rings. The van der Waals surface area contributed by atoms with Crippen LogP contribution in [0.2, 0.25) is 0 Å². The van der Waals surface area contributed by atoms with Gasteiger partial charge in [-0.05, 0) is 37.2 Å². The molecule has 1 aromatic carbocycles. The molecule has 0 saturated heterocycles. The van der Waals surface area contributed by atoms with E-state index in [4.69, 9.17) is 9.84 Å². The van der Waals surface area contributed by atoms with Gasteiger partial charge in [0.2, 0.25) is 0 Å². The normalized spacial score (nSPS) is 27.3. The Morgan fingerprint density at radius 2 is 2.21 bits per heavy atom. The minimum absolute atomic E-state index is 0.0614. The number of hydrogen-bond donors (Lipinski definition) is 3. The number of rotatable bonds is 10. The van der Waals surface area contributed by atoms with Gasteiger partial charge < -0.3 is 20.1 Å². The molecule has 1 heterocycles. The van der Waals surface area contributed by atoms with Crippen molar-refractivity contribution in [2.75, 3.05) is 0 Å². The fourth-order valence-electron chi connectivity index (χ4n) is 4.58. The van der Waals surface area contributed by atoms with Crippen molar-refractivity contribution in [2.45, 2.75) is 69.7 Å². The van der Waals surface area contributed by atoms with E-state index in [9.17, 15) is 15.0 Å². The van der Waals surface area contributed by atoms with E-state index in [0.29, 0.717) is 19.3 Å². The number of carboxylic acids is 1. The number of aryl methyl sites for hydroxylation is 1. The molecule has 158 valence electrons. The van der Waals surface area contributed by atoms with Gasteiger partial charge in [0.15, 0.2) is 0 Å². The zero-order valence-corrected chi connectivity index (χ0v) is 17.0. The number of para-hydroxylation sites is 1. The molecule has 1 saturated carbocycles. The average Bonchev–Trinajstić information content (AvgIpc) is 3.19. The highest BCUT2D eigenvalue weighted by Gasteiger charge is 2.48. The molecule has 0 amide bonds. The number of carboxylic acid groups (broad SMARTS) is 1. The number of aliphatic hydroxyl groups excluding tert-OH is 2. The minimum atomic E-state index is -0.787. The van der Waals surface area contributed by atoms with Crippen LogP contribution in [0.3, 0.4) is 0 Å². The summed E-state index contributed by atoms with van der Waals surface area (Å²) in [5, 5.41) is 29.9. The number of carbonyl (C=O) groups is 1. The van der Waals surface area contributed by atoms with Gasteiger partial charge >= 0.3 is 5.97 Å². The highest BCUT2D eigenvalue weighted by molar-refractivity contribution is 5.66. The first-order valence-electron chi connectivity index (χ1n) is 10.6. The summed E-state index contributed by atoms with van der Waals surface area (Å²) in [6.45, 7) is 5.74. The van der Waals surface area contributed by atoms with Crippen molar-refractivity contribution in [2.24, 2.45) is 11.8 Å². The van der Waals surface area contributed by atoms with Crippen LogP contribution in [0.4, 0.5) is 0 Å². The second-order valence-electron chi connectivity index (χ2n) is 8.36. The van der Waals surface area contributed by atoms with Gasteiger partial charge in [-0.2, -0.15) is 0 Å². The first-order valence-corrected chi connectivity index (χ1v) is 10.6. The molecule has 1 aromatic rings. The van der Waals surface area contributed by atoms with Crippen molar-refractivity contribution >= 4 is 5.97 Å². The van der Waals surface area contributed by atoms with Crippen LogP contribution >= 0.6 is 0 Å². The summed E-state index contributed by atoms with van der Waals surface area (Å²) in [4.78, 5) is 10.8. The van der Waals surface area contributed by atoms with Crippen LogP contribution in [-0.4, -0.2) is 39.6 Å². The summed E-state index contributed by atoms with van der Waals surface area (Å²) in [7, 11) is 0. The number of aliphatic hydroxyl groups is 2. The largest absolute Gasteiger partial charge is 0.489 e. The van der Waals surface area contributed by atoms with Gasteiger partial charge in [0, 0.05) is 30.2 Å². The van der Waals surface area contributed by atoms with Crippen molar-refractivity contribution in [3.8, 4) is 5.75 Å². The molecular formula is C24H32O5. The van der Waals surface area contributed by atoms with Gasteiger partial charge in [0.05, 0.1) is 12.2 Å². The standard InChI is InChI=1S/C24H32O5/c1-3-4-7-15(2)19(25)13-12-17-20(26)14-21-23(17)18-10-5-8-16(24(18)29-21)9-6-11-22(27)28/h3,5,8,10,12-13,15,17,19-21,23,25-26H,1,4,6-7,9,11,14H2,2H3,(H,27,28)/b13-12+/t15?,17-,19-,20+,21-,23-/m0/s1. The lowest BCUT2D eigenvalue weighted by Gasteiger charge is -2.19. The second-order valence-corrected chi connectivity index (χ2v) is 8.36. The van der Waals surface area contributed by atoms with Crippen molar-refractivity contribution in [1.29, 1.82) is 0 Å². The Bertz CT molecular complexity index is 756. The summed E-state index contributed by atoms with van der Waals surface area (Å²) in [6, 6.07) is 6.02. The Hall–Kier alpha value is -2.11. The third-order valence-corrected chi connectivity index (χ3v) is 6.27. The Labute approximate surface area is 172 Å². The summed E-state index contributed by atoms with van der Waals surface area (Å²) in [5.74, 6) is 0.164. The molecule has 0 radical (unpaired) electrons. The van der Waals surface area contributed by atoms with E-state index in [1.807, 2.05) is 43.4 Å². The Kier molecular flexibility index (Phi) is 7.14. The second kappa shape index (κ2) is 9.59. The van der Waals surface area contributed by atoms with Gasteiger partial charge in [-0.25, -0.2) is 0 Å². The van der Waals surface area contributed by atoms with Crippen molar-refractivity contribution in [1.82, 2.24) is 0 Å². The molecule has 1 fully saturated rings. The highest BCUT2D eigenvalue weighted by atomic mass is 16.5. The molecule has 1 aliphatic carbocycles. The molecule has 5 nitrogen and oxygen atoms in total. The molecule has 6 atom stereocenters. The molecule has 1 aliphatic heterocycles. The summed E-state index contributed by atoms with van der Waals surface area (Å²) in [6.07, 6.45) is 8.19. The lowest BCUT2D eigenvalue weighted by Crippen LogP contribution is -2.19. The van der Waals surface area contributed by atoms with Crippen molar-refractivity contribution < 1.29 is 24.9 Å². The fraction of sp³-hybridized carbons (Fsp3) is 0.542. The van der Waals surface area contributed by atoms with E-state index in [1.54, 1.807) is 0 Å². The van der Waals surface area contributed by atoms with Crippen molar-refractivity contribution in [3.63, 3.8) is 0 Å². The smallest absolute Gasteiger partial charge is 0.303 e. The Balaban J connectivity index is 1.73. The Morgan fingerprint density at radius 3 is 2.93 bits per heavy atom. The topological polar surface area (TPSA) is 87.0 Å². The monoisotopic (exact) mass is 400 g/mol. The van der Waals surface area contributed by atoms with Gasteiger partial charge in [0.1, 0.15) is 11.9 Å². The maximum absolute atomic E-state index is 10.8. The van der Waals surface area contributed by atoms with Gasteiger partial charge in [0.25, 0.3) is 0 Å². The fourth-order valence-corrected chi connectivity index (χ4v) is 4.58. The number of hydrogen-bond acceptors (Lipinski definition) is 4. The third-order valence-electron chi connectivity index (χ3n) is 6.27. The third kappa shape index (κ3) is 4.90. The lowest BCUT2D eigenvalue weighted by atomic mass is 9.86. The summed E-state index contributed by atoms with van der Waals surface area (Å²) < 4.78 is 6.21. The van der Waals surface area contributed by atoms with E-state index >= 15 is 0 Å². The van der Waals surface area contributed by atoms with Crippen LogP contribution in [0.1, 0.15) is 56.1 Å². The van der Waals surface area contributed by atoms with Gasteiger partial charge in [-0.1, -0.05) is 43.4 Å². The SMILES string of the molecule is C=CCCC(C)[C@@H](O)/C=C/[C@@H]1[C@H]2c3cccc(CCCC(=O)O)c3O[C@H]2C[C@H]1O. The highest BCUT2D eigenvalue weighted by Crippen LogP contribution is 2.52. The first-order chi connectivity index (χ1) is 13.9. The number of benzene rings is 1. The summed E-state index contributed by atoms with van der Waals surface area (Å²) in [5.41, 5.74) is 2.12. The number of ether oxygens (including phenoxy) is 1. The van der Waals surface area contributed by atoms with Crippen LogP contribution in [0.25, 0.3) is 0 Å². The maximum Gasteiger partial charge on any atom is 0.303 e. The molecule has 3 N–H and O–H groups in total. The number of allylic oxidation sites excluding steroid dienone is 1. The number of aliphatic carboxylic acids is 1. The summed E-state index contributed by atoms with van der Waals surface area (Å²) >= 11 is 0. The van der Waals surface area contributed by atoms with Crippen LogP contribution in [-0.2, 0) is 11.2 Å². The van der Waals surface area contributed by atoms with Crippen molar-refractivity contribution in [3.05, 3.63) is 54.1 Å². The lowest BCUT2D eigenvalue weighted by molar-refractivity contribution is -0.137. The van der Waals surface area contributed by atoms with E-state index in [0.717, 1.165) is 29.7 Å².